The highest BCUT2D eigenvalue weighted by molar-refractivity contribution is 14.1. The van der Waals surface area contributed by atoms with Crippen LogP contribution in [0.25, 0.3) is 0 Å². The fourth-order valence-corrected chi connectivity index (χ4v) is 1.83. The van der Waals surface area contributed by atoms with Crippen LogP contribution in [0.1, 0.15) is 32.6 Å². The normalized spacial score (nSPS) is 45.0. The molecule has 0 radical (unpaired) electrons. The first-order valence-electron chi connectivity index (χ1n) is 3.47. The first-order valence-corrected chi connectivity index (χ1v) is 4.71. The average Bonchev–Trinajstić information content (AvgIpc) is 1.78. The van der Waals surface area contributed by atoms with Crippen molar-refractivity contribution >= 4 is 22.6 Å². The SMILES string of the molecule is CC1(O)CCC(I)CC1. The minimum Gasteiger partial charge on any atom is -0.390 e. The molecule has 1 N–H and O–H groups in total. The number of hydrogen-bond donors (Lipinski definition) is 1. The van der Waals surface area contributed by atoms with E-state index >= 15 is 0 Å². The predicted molar refractivity (Wildman–Crippen MR) is 46.9 cm³/mol. The van der Waals surface area contributed by atoms with Crippen LogP contribution < -0.4 is 0 Å². The van der Waals surface area contributed by atoms with Crippen molar-refractivity contribution in [1.82, 2.24) is 0 Å². The Hall–Kier alpha value is 0.690. The summed E-state index contributed by atoms with van der Waals surface area (Å²) in [6.45, 7) is 1.94. The van der Waals surface area contributed by atoms with E-state index < -0.39 is 0 Å². The topological polar surface area (TPSA) is 20.2 Å². The summed E-state index contributed by atoms with van der Waals surface area (Å²) in [5.41, 5.74) is -0.346. The van der Waals surface area contributed by atoms with E-state index in [1.54, 1.807) is 0 Å². The standard InChI is InChI=1S/C7H13IO/c1-7(9)4-2-6(8)3-5-7/h6,9H,2-5H2,1H3. The van der Waals surface area contributed by atoms with Crippen LogP contribution in [0.3, 0.4) is 0 Å². The van der Waals surface area contributed by atoms with Gasteiger partial charge in [-0.1, -0.05) is 22.6 Å². The lowest BCUT2D eigenvalue weighted by Crippen LogP contribution is -2.30. The van der Waals surface area contributed by atoms with Crippen molar-refractivity contribution in [1.29, 1.82) is 0 Å². The number of alkyl halides is 1. The van der Waals surface area contributed by atoms with Gasteiger partial charge in [0.25, 0.3) is 0 Å². The second-order valence-electron chi connectivity index (χ2n) is 3.17. The Balaban J connectivity index is 2.35. The molecule has 1 aliphatic carbocycles. The van der Waals surface area contributed by atoms with Crippen LogP contribution in [0.15, 0.2) is 0 Å². The Morgan fingerprint density at radius 3 is 2.22 bits per heavy atom. The molecule has 1 rings (SSSR count). The average molecular weight is 240 g/mol. The maximum atomic E-state index is 9.49. The smallest absolute Gasteiger partial charge is 0.0620 e. The second kappa shape index (κ2) is 2.74. The summed E-state index contributed by atoms with van der Waals surface area (Å²) < 4.78 is 0.808. The van der Waals surface area contributed by atoms with Crippen LogP contribution in [0.2, 0.25) is 0 Å². The molecule has 2 heteroatoms. The largest absolute Gasteiger partial charge is 0.390 e. The molecule has 1 fully saturated rings. The van der Waals surface area contributed by atoms with Crippen molar-refractivity contribution in [2.75, 3.05) is 0 Å². The molecule has 0 bridgehead atoms. The van der Waals surface area contributed by atoms with Gasteiger partial charge in [0, 0.05) is 3.92 Å². The summed E-state index contributed by atoms with van der Waals surface area (Å²) in [6, 6.07) is 0. The zero-order chi connectivity index (χ0) is 6.91. The van der Waals surface area contributed by atoms with Crippen molar-refractivity contribution < 1.29 is 5.11 Å². The van der Waals surface area contributed by atoms with Crippen molar-refractivity contribution in [2.24, 2.45) is 0 Å². The van der Waals surface area contributed by atoms with E-state index in [0.717, 1.165) is 16.8 Å². The van der Waals surface area contributed by atoms with E-state index in [1.165, 1.54) is 12.8 Å². The van der Waals surface area contributed by atoms with Gasteiger partial charge in [-0.15, -0.1) is 0 Å². The molecule has 1 saturated carbocycles. The number of hydrogen-bond acceptors (Lipinski definition) is 1. The molecule has 0 aromatic carbocycles. The van der Waals surface area contributed by atoms with Crippen molar-refractivity contribution in [3.63, 3.8) is 0 Å². The molecule has 0 unspecified atom stereocenters. The molecule has 54 valence electrons. The maximum absolute atomic E-state index is 9.49. The van der Waals surface area contributed by atoms with Gasteiger partial charge < -0.3 is 5.11 Å². The van der Waals surface area contributed by atoms with Gasteiger partial charge in [-0.2, -0.15) is 0 Å². The fraction of sp³-hybridized carbons (Fsp3) is 1.00. The van der Waals surface area contributed by atoms with Gasteiger partial charge in [-0.05, 0) is 32.6 Å². The van der Waals surface area contributed by atoms with Gasteiger partial charge in [-0.25, -0.2) is 0 Å². The molecule has 1 nitrogen and oxygen atoms in total. The second-order valence-corrected chi connectivity index (χ2v) is 4.93. The first kappa shape index (κ1) is 7.79. The number of rotatable bonds is 0. The highest BCUT2D eigenvalue weighted by Crippen LogP contribution is 2.31. The molecule has 0 amide bonds. The van der Waals surface area contributed by atoms with Crippen molar-refractivity contribution in [3.05, 3.63) is 0 Å². The Labute approximate surface area is 70.0 Å². The van der Waals surface area contributed by atoms with Crippen LogP contribution in [0.5, 0.6) is 0 Å². The van der Waals surface area contributed by atoms with Gasteiger partial charge in [0.15, 0.2) is 0 Å². The third-order valence-electron chi connectivity index (χ3n) is 1.99. The zero-order valence-electron chi connectivity index (χ0n) is 5.73. The third-order valence-corrected chi connectivity index (χ3v) is 3.24. The lowest BCUT2D eigenvalue weighted by atomic mass is 9.87. The van der Waals surface area contributed by atoms with Crippen molar-refractivity contribution in [3.8, 4) is 0 Å². The van der Waals surface area contributed by atoms with Crippen molar-refractivity contribution in [2.45, 2.75) is 42.1 Å². The lowest BCUT2D eigenvalue weighted by Gasteiger charge is -2.30. The summed E-state index contributed by atoms with van der Waals surface area (Å²) in [5, 5.41) is 9.49. The monoisotopic (exact) mass is 240 g/mol. The quantitative estimate of drug-likeness (QED) is 0.508. The lowest BCUT2D eigenvalue weighted by molar-refractivity contribution is 0.0251. The first-order chi connectivity index (χ1) is 4.10. The summed E-state index contributed by atoms with van der Waals surface area (Å²) in [7, 11) is 0. The molecule has 0 aromatic rings. The van der Waals surface area contributed by atoms with Gasteiger partial charge in [0.05, 0.1) is 5.60 Å². The van der Waals surface area contributed by atoms with E-state index in [4.69, 9.17) is 0 Å². The highest BCUT2D eigenvalue weighted by Gasteiger charge is 2.26. The van der Waals surface area contributed by atoms with E-state index in [0.29, 0.717) is 0 Å². The van der Waals surface area contributed by atoms with E-state index in [9.17, 15) is 5.11 Å². The minimum absolute atomic E-state index is 0.346. The molecular weight excluding hydrogens is 227 g/mol. The van der Waals surface area contributed by atoms with Gasteiger partial charge in [0.2, 0.25) is 0 Å². The summed E-state index contributed by atoms with van der Waals surface area (Å²) in [4.78, 5) is 0. The Morgan fingerprint density at radius 1 is 1.44 bits per heavy atom. The molecule has 1 aliphatic rings. The van der Waals surface area contributed by atoms with Crippen LogP contribution >= 0.6 is 22.6 Å². The third kappa shape index (κ3) is 2.42. The Kier molecular flexibility index (Phi) is 2.37. The molecule has 9 heavy (non-hydrogen) atoms. The fourth-order valence-electron chi connectivity index (χ4n) is 1.20. The molecule has 0 atom stereocenters. The van der Waals surface area contributed by atoms with Gasteiger partial charge in [0.1, 0.15) is 0 Å². The zero-order valence-corrected chi connectivity index (χ0v) is 7.89. The Morgan fingerprint density at radius 2 is 1.89 bits per heavy atom. The van der Waals surface area contributed by atoms with Crippen LogP contribution in [-0.4, -0.2) is 14.6 Å². The molecular formula is C7H13IO. The van der Waals surface area contributed by atoms with Gasteiger partial charge in [-0.3, -0.25) is 0 Å². The minimum atomic E-state index is -0.346. The van der Waals surface area contributed by atoms with E-state index in [1.807, 2.05) is 6.92 Å². The summed E-state index contributed by atoms with van der Waals surface area (Å²) in [6.07, 6.45) is 4.35. The van der Waals surface area contributed by atoms with Crippen LogP contribution in [0, 0.1) is 0 Å². The summed E-state index contributed by atoms with van der Waals surface area (Å²) in [5.74, 6) is 0. The molecule has 0 spiro atoms. The Bertz CT molecular complexity index is 91.1. The van der Waals surface area contributed by atoms with Gasteiger partial charge >= 0.3 is 0 Å². The molecule has 0 saturated heterocycles. The maximum Gasteiger partial charge on any atom is 0.0620 e. The van der Waals surface area contributed by atoms with Crippen LogP contribution in [-0.2, 0) is 0 Å². The predicted octanol–water partition coefficient (Wildman–Crippen LogP) is 2.12. The molecule has 0 aliphatic heterocycles. The van der Waals surface area contributed by atoms with E-state index in [2.05, 4.69) is 22.6 Å². The van der Waals surface area contributed by atoms with Crippen LogP contribution in [0.4, 0.5) is 0 Å². The molecule has 0 heterocycles. The number of aliphatic hydroxyl groups is 1. The molecule has 0 aromatic heterocycles. The highest BCUT2D eigenvalue weighted by atomic mass is 127. The summed E-state index contributed by atoms with van der Waals surface area (Å²) >= 11 is 2.46. The number of halogens is 1. The van der Waals surface area contributed by atoms with E-state index in [-0.39, 0.29) is 5.60 Å².